The number of pyridine rings is 1. The third kappa shape index (κ3) is 4.11. The van der Waals surface area contributed by atoms with Gasteiger partial charge in [-0.3, -0.25) is 14.7 Å². The van der Waals surface area contributed by atoms with Crippen molar-refractivity contribution in [3.05, 3.63) is 65.8 Å². The summed E-state index contributed by atoms with van der Waals surface area (Å²) >= 11 is 0. The second-order valence-electron chi connectivity index (χ2n) is 7.03. The lowest BCUT2D eigenvalue weighted by Gasteiger charge is -2.30. The monoisotopic (exact) mass is 362 g/mol. The lowest BCUT2D eigenvalue weighted by molar-refractivity contribution is 0.0825. The number of ketones is 1. The highest BCUT2D eigenvalue weighted by Crippen LogP contribution is 2.23. The van der Waals surface area contributed by atoms with Crippen LogP contribution in [0.3, 0.4) is 0 Å². The van der Waals surface area contributed by atoms with Crippen molar-refractivity contribution >= 4 is 5.78 Å². The van der Waals surface area contributed by atoms with Crippen molar-refractivity contribution in [3.63, 3.8) is 0 Å². The maximum absolute atomic E-state index is 12.7. The van der Waals surface area contributed by atoms with Crippen LogP contribution in [-0.2, 0) is 6.54 Å². The molecule has 1 aliphatic rings. The second kappa shape index (κ2) is 7.80. The van der Waals surface area contributed by atoms with Crippen molar-refractivity contribution in [1.82, 2.24) is 20.0 Å². The maximum Gasteiger partial charge on any atom is 0.241 e. The van der Waals surface area contributed by atoms with Gasteiger partial charge >= 0.3 is 0 Å². The number of hydrogen-bond acceptors (Lipinski definition) is 6. The fraction of sp³-hybridized carbons (Fsp3) is 0.333. The van der Waals surface area contributed by atoms with Crippen LogP contribution in [0, 0.1) is 12.8 Å². The van der Waals surface area contributed by atoms with Crippen LogP contribution in [0.5, 0.6) is 0 Å². The summed E-state index contributed by atoms with van der Waals surface area (Å²) < 4.78 is 5.38. The minimum atomic E-state index is 0.0950. The van der Waals surface area contributed by atoms with Crippen LogP contribution in [0.15, 0.2) is 53.3 Å². The van der Waals surface area contributed by atoms with Crippen LogP contribution < -0.4 is 0 Å². The van der Waals surface area contributed by atoms with Crippen LogP contribution in [0.1, 0.15) is 34.7 Å². The Bertz CT molecular complexity index is 897. The topological polar surface area (TPSA) is 72.1 Å². The normalized spacial score (nSPS) is 15.7. The fourth-order valence-electron chi connectivity index (χ4n) is 3.43. The van der Waals surface area contributed by atoms with E-state index in [4.69, 9.17) is 4.52 Å². The van der Waals surface area contributed by atoms with Gasteiger partial charge < -0.3 is 4.52 Å². The first-order chi connectivity index (χ1) is 13.2. The maximum atomic E-state index is 12.7. The summed E-state index contributed by atoms with van der Waals surface area (Å²) in [6, 6.07) is 11.6. The molecule has 0 N–H and O–H groups in total. The molecule has 1 saturated heterocycles. The van der Waals surface area contributed by atoms with E-state index in [-0.39, 0.29) is 11.7 Å². The molecule has 0 unspecified atom stereocenters. The van der Waals surface area contributed by atoms with Gasteiger partial charge in [0.05, 0.1) is 6.54 Å². The Morgan fingerprint density at radius 3 is 2.67 bits per heavy atom. The SMILES string of the molecule is Cc1ccc(C(=O)C2CCN(Cc3nc(-c4cccnc4)no3)CC2)cc1. The number of carbonyl (C=O) groups is 1. The van der Waals surface area contributed by atoms with Crippen LogP contribution in [0.25, 0.3) is 11.4 Å². The molecule has 0 radical (unpaired) electrons. The zero-order valence-corrected chi connectivity index (χ0v) is 15.3. The molecular weight excluding hydrogens is 340 g/mol. The number of Topliss-reactive ketones (excluding diaryl/α,β-unsaturated/α-hetero) is 1. The van der Waals surface area contributed by atoms with Crippen molar-refractivity contribution in [3.8, 4) is 11.4 Å². The Morgan fingerprint density at radius 1 is 1.19 bits per heavy atom. The number of rotatable bonds is 5. The number of piperidine rings is 1. The molecule has 3 heterocycles. The molecule has 0 saturated carbocycles. The highest BCUT2D eigenvalue weighted by molar-refractivity contribution is 5.97. The predicted molar refractivity (Wildman–Crippen MR) is 101 cm³/mol. The Kier molecular flexibility index (Phi) is 5.07. The smallest absolute Gasteiger partial charge is 0.241 e. The highest BCUT2D eigenvalue weighted by atomic mass is 16.5. The van der Waals surface area contributed by atoms with Crippen LogP contribution in [-0.4, -0.2) is 38.9 Å². The zero-order chi connectivity index (χ0) is 18.6. The third-order valence-electron chi connectivity index (χ3n) is 5.04. The van der Waals surface area contributed by atoms with Gasteiger partial charge in [0, 0.05) is 29.4 Å². The van der Waals surface area contributed by atoms with Crippen molar-refractivity contribution in [2.75, 3.05) is 13.1 Å². The molecule has 2 aromatic heterocycles. The fourth-order valence-corrected chi connectivity index (χ4v) is 3.43. The zero-order valence-electron chi connectivity index (χ0n) is 15.3. The van der Waals surface area contributed by atoms with Crippen molar-refractivity contribution in [2.45, 2.75) is 26.3 Å². The Balaban J connectivity index is 1.33. The highest BCUT2D eigenvalue weighted by Gasteiger charge is 2.26. The molecular formula is C21H22N4O2. The average Bonchev–Trinajstić information content (AvgIpc) is 3.18. The summed E-state index contributed by atoms with van der Waals surface area (Å²) in [4.78, 5) is 23.5. The average molecular weight is 362 g/mol. The van der Waals surface area contributed by atoms with E-state index in [0.29, 0.717) is 18.3 Å². The number of nitrogens with zero attached hydrogens (tertiary/aromatic N) is 4. The summed E-state index contributed by atoms with van der Waals surface area (Å²) in [5, 5.41) is 4.03. The van der Waals surface area contributed by atoms with E-state index in [2.05, 4.69) is 20.0 Å². The van der Waals surface area contributed by atoms with Crippen LogP contribution >= 0.6 is 0 Å². The van der Waals surface area contributed by atoms with Gasteiger partial charge in [-0.05, 0) is 45.0 Å². The quantitative estimate of drug-likeness (QED) is 0.647. The molecule has 6 heteroatoms. The van der Waals surface area contributed by atoms with E-state index < -0.39 is 0 Å². The molecule has 1 aromatic carbocycles. The first-order valence-corrected chi connectivity index (χ1v) is 9.25. The van der Waals surface area contributed by atoms with Crippen molar-refractivity contribution in [1.29, 1.82) is 0 Å². The van der Waals surface area contributed by atoms with E-state index in [1.54, 1.807) is 12.4 Å². The minimum absolute atomic E-state index is 0.0950. The standard InChI is InChI=1S/C21H22N4O2/c1-15-4-6-16(7-5-15)20(26)17-8-11-25(12-9-17)14-19-23-21(24-27-19)18-3-2-10-22-13-18/h2-7,10,13,17H,8-9,11-12,14H2,1H3. The molecule has 138 valence electrons. The minimum Gasteiger partial charge on any atom is -0.338 e. The summed E-state index contributed by atoms with van der Waals surface area (Å²) in [6.45, 7) is 4.35. The number of carbonyl (C=O) groups excluding carboxylic acids is 1. The summed E-state index contributed by atoms with van der Waals surface area (Å²) in [5.74, 6) is 1.50. The van der Waals surface area contributed by atoms with Crippen molar-refractivity contribution < 1.29 is 9.32 Å². The van der Waals surface area contributed by atoms with E-state index >= 15 is 0 Å². The third-order valence-corrected chi connectivity index (χ3v) is 5.04. The number of hydrogen-bond donors (Lipinski definition) is 0. The lowest BCUT2D eigenvalue weighted by atomic mass is 9.88. The summed E-state index contributed by atoms with van der Waals surface area (Å²) in [7, 11) is 0. The molecule has 0 amide bonds. The molecule has 4 rings (SSSR count). The number of aromatic nitrogens is 3. The van der Waals surface area contributed by atoms with Crippen LogP contribution in [0.2, 0.25) is 0 Å². The molecule has 3 aromatic rings. The van der Waals surface area contributed by atoms with Gasteiger partial charge in [-0.15, -0.1) is 0 Å². The largest absolute Gasteiger partial charge is 0.338 e. The van der Waals surface area contributed by atoms with Gasteiger partial charge in [0.15, 0.2) is 5.78 Å². The number of aryl methyl sites for hydroxylation is 1. The lowest BCUT2D eigenvalue weighted by Crippen LogP contribution is -2.36. The summed E-state index contributed by atoms with van der Waals surface area (Å²) in [5.41, 5.74) is 2.83. The molecule has 0 spiro atoms. The Labute approximate surface area is 158 Å². The first kappa shape index (κ1) is 17.5. The van der Waals surface area contributed by atoms with Gasteiger partial charge in [0.2, 0.25) is 11.7 Å². The molecule has 1 fully saturated rings. The second-order valence-corrected chi connectivity index (χ2v) is 7.03. The molecule has 1 aliphatic heterocycles. The van der Waals surface area contributed by atoms with E-state index in [9.17, 15) is 4.79 Å². The molecule has 27 heavy (non-hydrogen) atoms. The van der Waals surface area contributed by atoms with Gasteiger partial charge in [-0.1, -0.05) is 35.0 Å². The van der Waals surface area contributed by atoms with E-state index in [1.807, 2.05) is 43.3 Å². The van der Waals surface area contributed by atoms with Gasteiger partial charge in [0.1, 0.15) is 0 Å². The molecule has 0 atom stereocenters. The van der Waals surface area contributed by atoms with E-state index in [1.165, 1.54) is 5.56 Å². The number of likely N-dealkylation sites (tertiary alicyclic amines) is 1. The molecule has 0 aliphatic carbocycles. The van der Waals surface area contributed by atoms with Gasteiger partial charge in [-0.2, -0.15) is 4.98 Å². The number of benzene rings is 1. The van der Waals surface area contributed by atoms with Crippen molar-refractivity contribution in [2.24, 2.45) is 5.92 Å². The van der Waals surface area contributed by atoms with Gasteiger partial charge in [-0.25, -0.2) is 0 Å². The molecule has 0 bridgehead atoms. The van der Waals surface area contributed by atoms with E-state index in [0.717, 1.165) is 37.1 Å². The Hall–Kier alpha value is -2.86. The van der Waals surface area contributed by atoms with Crippen LogP contribution in [0.4, 0.5) is 0 Å². The molecule has 6 nitrogen and oxygen atoms in total. The summed E-state index contributed by atoms with van der Waals surface area (Å²) in [6.07, 6.45) is 5.15. The van der Waals surface area contributed by atoms with Gasteiger partial charge in [0.25, 0.3) is 0 Å². The Morgan fingerprint density at radius 2 is 1.96 bits per heavy atom. The predicted octanol–water partition coefficient (Wildman–Crippen LogP) is 3.53. The first-order valence-electron chi connectivity index (χ1n) is 9.25.